The van der Waals surface area contributed by atoms with Crippen LogP contribution in [0.25, 0.3) is 11.5 Å². The maximum atomic E-state index is 5.08. The highest BCUT2D eigenvalue weighted by atomic mass is 16.5. The molecule has 0 amide bonds. The van der Waals surface area contributed by atoms with Crippen LogP contribution in [-0.4, -0.2) is 20.3 Å². The van der Waals surface area contributed by atoms with E-state index >= 15 is 0 Å². The van der Waals surface area contributed by atoms with Gasteiger partial charge in [0.1, 0.15) is 0 Å². The summed E-state index contributed by atoms with van der Waals surface area (Å²) in [7, 11) is 0. The fourth-order valence-corrected chi connectivity index (χ4v) is 2.43. The Hall–Kier alpha value is -3.28. The Kier molecular flexibility index (Phi) is 12.9. The molecule has 166 valence electrons. The van der Waals surface area contributed by atoms with Crippen LogP contribution in [0.5, 0.6) is 0 Å². The van der Waals surface area contributed by atoms with Crippen molar-refractivity contribution in [1.29, 1.82) is 0 Å². The van der Waals surface area contributed by atoms with E-state index in [2.05, 4.69) is 39.0 Å². The summed E-state index contributed by atoms with van der Waals surface area (Å²) in [5.41, 5.74) is 0.967. The van der Waals surface area contributed by atoms with Gasteiger partial charge in [0.15, 0.2) is 11.6 Å². The Morgan fingerprint density at radius 3 is 2.23 bits per heavy atom. The first-order chi connectivity index (χ1) is 15.2. The summed E-state index contributed by atoms with van der Waals surface area (Å²) in [4.78, 5) is 8.51. The normalized spacial score (nSPS) is 13.6. The molecule has 1 aliphatic rings. The van der Waals surface area contributed by atoms with Crippen LogP contribution in [0.4, 0.5) is 0 Å². The quantitative estimate of drug-likeness (QED) is 0.433. The maximum Gasteiger partial charge on any atom is 0.257 e. The van der Waals surface area contributed by atoms with E-state index < -0.39 is 0 Å². The van der Waals surface area contributed by atoms with Crippen LogP contribution in [0.15, 0.2) is 76.3 Å². The predicted octanol–water partition coefficient (Wildman–Crippen LogP) is 6.75. The van der Waals surface area contributed by atoms with Crippen molar-refractivity contribution in [2.45, 2.75) is 59.8 Å². The molecule has 4 rings (SSSR count). The number of aromatic nitrogens is 4. The number of allylic oxidation sites excluding steroid dienone is 5. The van der Waals surface area contributed by atoms with Crippen molar-refractivity contribution in [3.05, 3.63) is 84.8 Å². The average molecular weight is 423 g/mol. The monoisotopic (exact) mass is 422 g/mol. The Labute approximate surface area is 185 Å². The van der Waals surface area contributed by atoms with Crippen LogP contribution in [-0.2, 0) is 12.8 Å². The molecule has 0 aliphatic heterocycles. The van der Waals surface area contributed by atoms with Crippen molar-refractivity contribution in [2.75, 3.05) is 0 Å². The van der Waals surface area contributed by atoms with E-state index in [9.17, 15) is 0 Å². The minimum absolute atomic E-state index is 0.300. The molecule has 0 saturated heterocycles. The largest absolute Gasteiger partial charge is 0.339 e. The minimum atomic E-state index is 0.300. The number of benzene rings is 1. The van der Waals surface area contributed by atoms with Gasteiger partial charge in [0, 0.05) is 24.3 Å². The Morgan fingerprint density at radius 2 is 1.71 bits per heavy atom. The number of hydrogen-bond acceptors (Lipinski definition) is 6. The Bertz CT molecular complexity index is 911. The number of hydrogen-bond donors (Lipinski definition) is 0. The van der Waals surface area contributed by atoms with Crippen molar-refractivity contribution >= 4 is 0 Å². The summed E-state index contributed by atoms with van der Waals surface area (Å²) in [5, 5.41) is 7.76. The SMILES string of the molecule is C=CC.CC.CCc1nc(C2C=CC=CC2)no1.CCc1noc(-c2ccccc2)n1. The zero-order valence-corrected chi connectivity index (χ0v) is 19.3. The fraction of sp³-hybridized carbons (Fsp3) is 0.360. The highest BCUT2D eigenvalue weighted by Crippen LogP contribution is 2.21. The molecule has 0 saturated carbocycles. The molecule has 0 radical (unpaired) electrons. The molecule has 1 atom stereocenters. The second-order valence-corrected chi connectivity index (χ2v) is 6.20. The lowest BCUT2D eigenvalue weighted by Crippen LogP contribution is -1.98. The van der Waals surface area contributed by atoms with Gasteiger partial charge in [-0.2, -0.15) is 9.97 Å². The molecule has 6 heteroatoms. The van der Waals surface area contributed by atoms with Crippen LogP contribution in [0.2, 0.25) is 0 Å². The molecule has 1 unspecified atom stereocenters. The van der Waals surface area contributed by atoms with Crippen LogP contribution >= 0.6 is 0 Å². The topological polar surface area (TPSA) is 77.8 Å². The van der Waals surface area contributed by atoms with Gasteiger partial charge in [-0.05, 0) is 25.5 Å². The van der Waals surface area contributed by atoms with Gasteiger partial charge in [-0.15, -0.1) is 6.58 Å². The molecule has 3 aromatic rings. The molecule has 0 bridgehead atoms. The van der Waals surface area contributed by atoms with Gasteiger partial charge in [-0.25, -0.2) is 0 Å². The van der Waals surface area contributed by atoms with Crippen LogP contribution in [0.3, 0.4) is 0 Å². The Morgan fingerprint density at radius 1 is 1.00 bits per heavy atom. The van der Waals surface area contributed by atoms with Crippen molar-refractivity contribution in [1.82, 2.24) is 20.3 Å². The van der Waals surface area contributed by atoms with Gasteiger partial charge in [0.2, 0.25) is 5.89 Å². The van der Waals surface area contributed by atoms with Gasteiger partial charge < -0.3 is 9.05 Å². The Balaban J connectivity index is 0.000000258. The number of aryl methyl sites for hydroxylation is 2. The van der Waals surface area contributed by atoms with E-state index in [1.165, 1.54) is 0 Å². The van der Waals surface area contributed by atoms with Crippen molar-refractivity contribution in [3.8, 4) is 11.5 Å². The molecule has 1 aromatic carbocycles. The molecule has 31 heavy (non-hydrogen) atoms. The lowest BCUT2D eigenvalue weighted by molar-refractivity contribution is 0.375. The molecule has 1 aliphatic carbocycles. The van der Waals surface area contributed by atoms with E-state index in [4.69, 9.17) is 9.05 Å². The van der Waals surface area contributed by atoms with Gasteiger partial charge >= 0.3 is 0 Å². The molecule has 2 heterocycles. The van der Waals surface area contributed by atoms with Gasteiger partial charge in [-0.3, -0.25) is 0 Å². The van der Waals surface area contributed by atoms with Gasteiger partial charge in [-0.1, -0.05) is 86.6 Å². The van der Waals surface area contributed by atoms with Gasteiger partial charge in [0.05, 0.1) is 0 Å². The zero-order valence-electron chi connectivity index (χ0n) is 19.3. The van der Waals surface area contributed by atoms with E-state index in [0.29, 0.717) is 11.8 Å². The number of rotatable bonds is 4. The molecule has 0 spiro atoms. The highest BCUT2D eigenvalue weighted by Gasteiger charge is 2.14. The standard InChI is InChI=1S/C10H12N2O.C10H10N2O.C3H6.C2H6/c1-2-9-11-10(12-13-9)8-6-4-3-5-7-8;1-2-9-11-10(13-12-9)8-6-4-3-5-7-8;1-3-2;1-2/h3-6,8H,2,7H2,1H3;3-7H,2H2,1H3;3H,1H2,2H3;1-2H3. The van der Waals surface area contributed by atoms with Crippen LogP contribution in [0, 0.1) is 0 Å². The van der Waals surface area contributed by atoms with Gasteiger partial charge in [0.25, 0.3) is 5.89 Å². The second kappa shape index (κ2) is 15.5. The van der Waals surface area contributed by atoms with Crippen LogP contribution in [0.1, 0.15) is 64.5 Å². The summed E-state index contributed by atoms with van der Waals surface area (Å²) in [6.07, 6.45) is 12.6. The average Bonchev–Trinajstić information content (AvgIpc) is 3.52. The lowest BCUT2D eigenvalue weighted by Gasteiger charge is -2.06. The van der Waals surface area contributed by atoms with E-state index in [1.54, 1.807) is 6.08 Å². The third-order valence-corrected chi connectivity index (χ3v) is 3.90. The summed E-state index contributed by atoms with van der Waals surface area (Å²) < 4.78 is 10.1. The first-order valence-electron chi connectivity index (χ1n) is 10.8. The third-order valence-electron chi connectivity index (χ3n) is 3.90. The predicted molar refractivity (Wildman–Crippen MR) is 126 cm³/mol. The molecule has 0 N–H and O–H groups in total. The molecular weight excluding hydrogens is 388 g/mol. The first-order valence-corrected chi connectivity index (χ1v) is 10.8. The van der Waals surface area contributed by atoms with E-state index in [0.717, 1.165) is 42.4 Å². The molecule has 6 nitrogen and oxygen atoms in total. The minimum Gasteiger partial charge on any atom is -0.339 e. The smallest absolute Gasteiger partial charge is 0.257 e. The first kappa shape index (κ1) is 25.8. The van der Waals surface area contributed by atoms with E-state index in [1.807, 2.05) is 77.1 Å². The molecule has 2 aromatic heterocycles. The van der Waals surface area contributed by atoms with Crippen molar-refractivity contribution < 1.29 is 9.05 Å². The van der Waals surface area contributed by atoms with Crippen LogP contribution < -0.4 is 0 Å². The summed E-state index contributed by atoms with van der Waals surface area (Å²) in [6, 6.07) is 9.76. The molecular formula is C25H34N4O2. The van der Waals surface area contributed by atoms with Crippen molar-refractivity contribution in [3.63, 3.8) is 0 Å². The fourth-order valence-electron chi connectivity index (χ4n) is 2.43. The summed E-state index contributed by atoms with van der Waals surface area (Å²) in [6.45, 7) is 13.3. The zero-order chi connectivity index (χ0) is 22.9. The maximum absolute atomic E-state index is 5.08. The second-order valence-electron chi connectivity index (χ2n) is 6.20. The summed E-state index contributed by atoms with van der Waals surface area (Å²) >= 11 is 0. The lowest BCUT2D eigenvalue weighted by atomic mass is 10.0. The summed E-state index contributed by atoms with van der Waals surface area (Å²) in [5.74, 6) is 3.17. The van der Waals surface area contributed by atoms with E-state index in [-0.39, 0.29) is 0 Å². The molecule has 0 fully saturated rings. The third kappa shape index (κ3) is 8.95. The highest BCUT2D eigenvalue weighted by molar-refractivity contribution is 5.51. The number of nitrogens with zero attached hydrogens (tertiary/aromatic N) is 4. The van der Waals surface area contributed by atoms with Crippen molar-refractivity contribution in [2.24, 2.45) is 0 Å².